The molecular weight excluding hydrogens is 581 g/mol. The van der Waals surface area contributed by atoms with E-state index in [0.717, 1.165) is 6.33 Å². The van der Waals surface area contributed by atoms with E-state index in [1.807, 2.05) is 0 Å². The Balaban J connectivity index is 1.61. The quantitative estimate of drug-likeness (QED) is 0.0966. The molecule has 210 valence electrons. The fourth-order valence-corrected chi connectivity index (χ4v) is 6.82. The number of nitrogens with one attached hydrogen (secondary N) is 1. The van der Waals surface area contributed by atoms with Crippen molar-refractivity contribution < 1.29 is 66.0 Å². The summed E-state index contributed by atoms with van der Waals surface area (Å²) < 4.78 is 54.6. The van der Waals surface area contributed by atoms with Crippen molar-refractivity contribution in [3.8, 4) is 11.4 Å². The number of phosphoric ester groups is 1. The van der Waals surface area contributed by atoms with Crippen molar-refractivity contribution in [2.45, 2.75) is 31.0 Å². The van der Waals surface area contributed by atoms with E-state index in [1.54, 1.807) is 7.05 Å². The molecule has 38 heavy (non-hydrogen) atoms. The van der Waals surface area contributed by atoms with E-state index >= 15 is 0 Å². The highest BCUT2D eigenvalue weighted by Gasteiger charge is 2.54. The summed E-state index contributed by atoms with van der Waals surface area (Å²) in [6.07, 6.45) is -2.13. The summed E-state index contributed by atoms with van der Waals surface area (Å²) in [5.74, 6) is 0.354. The number of nitrogen functional groups attached to an aromatic ring is 1. The number of aromatic nitrogens is 7. The normalized spacial score (nSPS) is 27.4. The van der Waals surface area contributed by atoms with Crippen LogP contribution in [0.4, 0.5) is 5.82 Å². The van der Waals surface area contributed by atoms with Gasteiger partial charge in [-0.05, 0) is 6.92 Å². The number of H-pyrrole nitrogens is 1. The highest BCUT2D eigenvalue weighted by atomic mass is 31.3. The monoisotopic (exact) mass is 603 g/mol. The van der Waals surface area contributed by atoms with Gasteiger partial charge >= 0.3 is 29.3 Å². The Labute approximate surface area is 211 Å². The minimum absolute atomic E-state index is 0.0501. The summed E-state index contributed by atoms with van der Waals surface area (Å²) >= 11 is 0. The molecule has 2 unspecified atom stereocenters. The van der Waals surface area contributed by atoms with Crippen molar-refractivity contribution in [2.75, 3.05) is 12.3 Å². The average molecular weight is 603 g/mol. The van der Waals surface area contributed by atoms with Gasteiger partial charge in [0.25, 0.3) is 0 Å². The van der Waals surface area contributed by atoms with Gasteiger partial charge in [-0.15, -0.1) is 0 Å². The molecule has 1 fully saturated rings. The summed E-state index contributed by atoms with van der Waals surface area (Å²) in [7, 11) is -15.2. The van der Waals surface area contributed by atoms with Crippen molar-refractivity contribution in [2.24, 2.45) is 7.05 Å². The fraction of sp³-hybridized carbons (Fsp3) is 0.500. The molecule has 0 aliphatic carbocycles. The average Bonchev–Trinajstić information content (AvgIpc) is 3.40. The van der Waals surface area contributed by atoms with Gasteiger partial charge in [-0.2, -0.15) is 13.3 Å². The third-order valence-electron chi connectivity index (χ3n) is 5.36. The predicted octanol–water partition coefficient (Wildman–Crippen LogP) is -2.02. The van der Waals surface area contributed by atoms with Crippen molar-refractivity contribution in [3.63, 3.8) is 0 Å². The lowest BCUT2D eigenvalue weighted by atomic mass is 9.96. The number of ether oxygens (including phenoxy) is 1. The molecule has 21 nitrogen and oxygen atoms in total. The minimum atomic E-state index is -5.75. The largest absolute Gasteiger partial charge is 0.490 e. The molecule has 3 aromatic rings. The third-order valence-corrected chi connectivity index (χ3v) is 9.16. The molecule has 0 bridgehead atoms. The van der Waals surface area contributed by atoms with Crippen molar-refractivity contribution in [3.05, 3.63) is 12.5 Å². The first-order valence-electron chi connectivity index (χ1n) is 10.1. The molecule has 0 saturated carbocycles. The Morgan fingerprint density at radius 1 is 1.21 bits per heavy atom. The smallest absolute Gasteiger partial charge is 0.387 e. The van der Waals surface area contributed by atoms with Crippen LogP contribution in [0.5, 0.6) is 0 Å². The Morgan fingerprint density at radius 3 is 2.50 bits per heavy atom. The van der Waals surface area contributed by atoms with Gasteiger partial charge in [0.1, 0.15) is 40.7 Å². The van der Waals surface area contributed by atoms with Crippen LogP contribution in [-0.2, 0) is 38.6 Å². The van der Waals surface area contributed by atoms with Gasteiger partial charge in [-0.1, -0.05) is 5.21 Å². The summed E-state index contributed by atoms with van der Waals surface area (Å²) in [4.78, 5) is 44.3. The first kappa shape index (κ1) is 28.8. The molecule has 4 heterocycles. The molecule has 0 spiro atoms. The molecule has 0 amide bonds. The maximum Gasteiger partial charge on any atom is 0.490 e. The topological polar surface area (TPSA) is 312 Å². The standard InChI is InChI=1S/C14H21N8O13P3/c1-14(24)9(23)7(4-32-37(28,29)35-38(30,31)34-36(25,26)27)33-13(14)22-3-6(11-18-19-20-21(11)2)8-10(15)16-5-17-12(8)22/h3,5,7,9,13,23-24H,4H2,1-2H3,(H6,15,16,17,25,26,27,28,29,30,31)/p+1/t7-,9-,13-,14-/m1/s1. The Bertz CT molecular complexity index is 1500. The summed E-state index contributed by atoms with van der Waals surface area (Å²) in [6.45, 7) is 0.193. The molecule has 1 aliphatic rings. The van der Waals surface area contributed by atoms with Gasteiger partial charge in [-0.3, -0.25) is 4.52 Å². The zero-order valence-electron chi connectivity index (χ0n) is 19.2. The highest BCUT2D eigenvalue weighted by molar-refractivity contribution is 7.66. The second kappa shape index (κ2) is 9.76. The predicted molar refractivity (Wildman–Crippen MR) is 119 cm³/mol. The molecule has 0 aromatic carbocycles. The number of phosphoric acid groups is 3. The lowest BCUT2D eigenvalue weighted by Crippen LogP contribution is -2.44. The van der Waals surface area contributed by atoms with Gasteiger partial charge in [0.05, 0.1) is 24.6 Å². The zero-order valence-corrected chi connectivity index (χ0v) is 21.9. The number of aliphatic hydroxyl groups excluding tert-OH is 1. The number of anilines is 1. The number of aliphatic hydroxyl groups is 2. The highest BCUT2D eigenvalue weighted by Crippen LogP contribution is 2.66. The molecule has 1 saturated heterocycles. The minimum Gasteiger partial charge on any atom is -0.387 e. The zero-order chi connectivity index (χ0) is 28.3. The summed E-state index contributed by atoms with van der Waals surface area (Å²) in [5, 5.41) is 32.4. The second-order valence-electron chi connectivity index (χ2n) is 8.17. The molecule has 4 rings (SSSR count). The van der Waals surface area contributed by atoms with Crippen LogP contribution in [0.3, 0.4) is 0 Å². The van der Waals surface area contributed by atoms with Crippen molar-refractivity contribution in [1.82, 2.24) is 30.1 Å². The number of hydrogen-bond acceptors (Lipinski definition) is 14. The molecule has 0 radical (unpaired) electrons. The first-order valence-corrected chi connectivity index (χ1v) is 14.7. The number of aryl methyl sites for hydroxylation is 1. The Morgan fingerprint density at radius 2 is 1.89 bits per heavy atom. The molecule has 24 heteroatoms. The van der Waals surface area contributed by atoms with Crippen LogP contribution < -0.4 is 10.4 Å². The summed E-state index contributed by atoms with van der Waals surface area (Å²) in [6, 6.07) is 0. The van der Waals surface area contributed by atoms with Crippen LogP contribution in [0.1, 0.15) is 13.2 Å². The van der Waals surface area contributed by atoms with Gasteiger partial charge in [0.15, 0.2) is 11.4 Å². The van der Waals surface area contributed by atoms with E-state index in [1.165, 1.54) is 22.4 Å². The number of fused-ring (bicyclic) bond motifs is 1. The van der Waals surface area contributed by atoms with Gasteiger partial charge in [-0.25, -0.2) is 23.7 Å². The number of tetrazole rings is 1. The van der Waals surface area contributed by atoms with Crippen LogP contribution in [-0.4, -0.2) is 84.3 Å². The van der Waals surface area contributed by atoms with E-state index in [2.05, 4.69) is 38.6 Å². The van der Waals surface area contributed by atoms with Crippen LogP contribution in [0, 0.1) is 0 Å². The number of aromatic amines is 1. The maximum absolute atomic E-state index is 12.1. The number of hydrogen-bond donors (Lipinski definition) is 8. The first-order chi connectivity index (χ1) is 17.4. The Hall–Kier alpha value is -2.22. The van der Waals surface area contributed by atoms with Crippen LogP contribution >= 0.6 is 23.5 Å². The van der Waals surface area contributed by atoms with Gasteiger partial charge in [0, 0.05) is 6.20 Å². The van der Waals surface area contributed by atoms with Crippen LogP contribution in [0.15, 0.2) is 12.5 Å². The second-order valence-corrected chi connectivity index (χ2v) is 12.6. The molecule has 9 N–H and O–H groups in total. The molecule has 3 aromatic heterocycles. The van der Waals surface area contributed by atoms with Gasteiger partial charge in [0.2, 0.25) is 0 Å². The van der Waals surface area contributed by atoms with E-state index in [0.29, 0.717) is 16.8 Å². The van der Waals surface area contributed by atoms with E-state index < -0.39 is 54.1 Å². The van der Waals surface area contributed by atoms with Crippen LogP contribution in [0.25, 0.3) is 22.4 Å². The lowest BCUT2D eigenvalue weighted by molar-refractivity contribution is -0.721. The molecule has 6 atom stereocenters. The number of nitrogens with zero attached hydrogens (tertiary/aromatic N) is 6. The van der Waals surface area contributed by atoms with Crippen molar-refractivity contribution in [1.29, 1.82) is 0 Å². The maximum atomic E-state index is 12.1. The third kappa shape index (κ3) is 5.70. The Kier molecular flexibility index (Phi) is 7.39. The molecular formula is C14H22N8O13P3+. The number of rotatable bonds is 9. The van der Waals surface area contributed by atoms with Gasteiger partial charge < -0.3 is 44.8 Å². The van der Waals surface area contributed by atoms with E-state index in [-0.39, 0.29) is 11.5 Å². The number of nitrogens with two attached hydrogens (primary N) is 1. The van der Waals surface area contributed by atoms with E-state index in [9.17, 15) is 33.7 Å². The summed E-state index contributed by atoms with van der Waals surface area (Å²) in [5.41, 5.74) is 4.50. The molecule has 1 aliphatic heterocycles. The fourth-order valence-electron chi connectivity index (χ4n) is 3.79. The van der Waals surface area contributed by atoms with Crippen molar-refractivity contribution >= 4 is 40.3 Å². The lowest BCUT2D eigenvalue weighted by Gasteiger charge is -2.27. The SMILES string of the molecule is C[n+]1[nH]nnc1-c1cn([C@@H]2O[C@H](COP(=O)(O)OP(=O)(O)OP(=O)(O)O)[C@@H](O)[C@@]2(C)O)c2ncnc(N)c12. The van der Waals surface area contributed by atoms with E-state index in [4.69, 9.17) is 20.3 Å². The van der Waals surface area contributed by atoms with Crippen LogP contribution in [0.2, 0.25) is 0 Å².